The number of halogens is 1. The summed E-state index contributed by atoms with van der Waals surface area (Å²) in [5.74, 6) is -1.84. The van der Waals surface area contributed by atoms with Gasteiger partial charge >= 0.3 is 0 Å². The van der Waals surface area contributed by atoms with Crippen molar-refractivity contribution in [2.45, 2.75) is 12.5 Å². The van der Waals surface area contributed by atoms with E-state index in [1.54, 1.807) is 30.3 Å². The molecule has 9 heteroatoms. The van der Waals surface area contributed by atoms with Crippen molar-refractivity contribution >= 4 is 39.1 Å². The first-order chi connectivity index (χ1) is 14.7. The molecule has 1 saturated heterocycles. The molecule has 0 unspecified atom stereocenters. The molecule has 2 aromatic carbocycles. The van der Waals surface area contributed by atoms with Gasteiger partial charge in [-0.05, 0) is 44.8 Å². The lowest BCUT2D eigenvalue weighted by Gasteiger charge is -2.25. The molecule has 0 spiro atoms. The Kier molecular flexibility index (Phi) is 6.87. The van der Waals surface area contributed by atoms with Crippen molar-refractivity contribution in [3.8, 4) is 0 Å². The highest BCUT2D eigenvalue weighted by atomic mass is 79.9. The van der Waals surface area contributed by atoms with Crippen molar-refractivity contribution in [3.05, 3.63) is 79.8 Å². The van der Waals surface area contributed by atoms with E-state index in [1.165, 1.54) is 23.1 Å². The number of non-ortho nitro benzene ring substituents is 1. The van der Waals surface area contributed by atoms with Crippen molar-refractivity contribution in [1.82, 2.24) is 9.80 Å². The summed E-state index contributed by atoms with van der Waals surface area (Å²) in [6, 6.07) is 11.6. The number of hydrogen-bond acceptors (Lipinski definition) is 6. The third-order valence-electron chi connectivity index (χ3n) is 5.06. The highest BCUT2D eigenvalue weighted by Gasteiger charge is 2.46. The molecule has 1 aliphatic rings. The number of hydrogen-bond donors (Lipinski definition) is 1. The van der Waals surface area contributed by atoms with Gasteiger partial charge in [-0.3, -0.25) is 19.7 Å². The molecule has 2 aromatic rings. The summed E-state index contributed by atoms with van der Waals surface area (Å²) < 4.78 is 0.795. The van der Waals surface area contributed by atoms with Crippen molar-refractivity contribution in [1.29, 1.82) is 0 Å². The molecular weight excluding hydrogens is 466 g/mol. The van der Waals surface area contributed by atoms with Gasteiger partial charge in [0.2, 0.25) is 0 Å². The van der Waals surface area contributed by atoms with Crippen LogP contribution in [-0.4, -0.2) is 58.7 Å². The van der Waals surface area contributed by atoms with Crippen LogP contribution < -0.4 is 0 Å². The largest absolute Gasteiger partial charge is 0.507 e. The number of likely N-dealkylation sites (tertiary alicyclic amines) is 1. The molecular formula is C22H22BrN3O5. The Morgan fingerprint density at radius 1 is 1.19 bits per heavy atom. The first-order valence-electron chi connectivity index (χ1n) is 9.64. The normalized spacial score (nSPS) is 18.1. The van der Waals surface area contributed by atoms with Crippen LogP contribution in [0.25, 0.3) is 5.76 Å². The first kappa shape index (κ1) is 22.6. The number of carbonyl (C=O) groups is 2. The molecule has 1 amide bonds. The molecule has 1 heterocycles. The van der Waals surface area contributed by atoms with E-state index in [4.69, 9.17) is 0 Å². The zero-order valence-corrected chi connectivity index (χ0v) is 18.7. The van der Waals surface area contributed by atoms with Crippen molar-refractivity contribution in [2.75, 3.05) is 27.2 Å². The number of rotatable bonds is 7. The van der Waals surface area contributed by atoms with Gasteiger partial charge < -0.3 is 14.9 Å². The summed E-state index contributed by atoms with van der Waals surface area (Å²) in [7, 11) is 3.80. The molecule has 0 bridgehead atoms. The van der Waals surface area contributed by atoms with Crippen LogP contribution in [0.1, 0.15) is 23.6 Å². The Balaban J connectivity index is 2.13. The molecule has 1 aliphatic heterocycles. The van der Waals surface area contributed by atoms with E-state index in [9.17, 15) is 24.8 Å². The van der Waals surface area contributed by atoms with E-state index in [2.05, 4.69) is 15.9 Å². The van der Waals surface area contributed by atoms with Crippen molar-refractivity contribution < 1.29 is 19.6 Å². The maximum absolute atomic E-state index is 12.9. The monoisotopic (exact) mass is 487 g/mol. The number of benzene rings is 2. The number of aliphatic hydroxyl groups excluding tert-OH is 1. The highest BCUT2D eigenvalue weighted by Crippen LogP contribution is 2.40. The van der Waals surface area contributed by atoms with Crippen LogP contribution in [0.4, 0.5) is 5.69 Å². The van der Waals surface area contributed by atoms with Gasteiger partial charge in [-0.1, -0.05) is 40.2 Å². The van der Waals surface area contributed by atoms with E-state index < -0.39 is 22.7 Å². The van der Waals surface area contributed by atoms with Gasteiger partial charge in [0, 0.05) is 28.7 Å². The smallest absolute Gasteiger partial charge is 0.295 e. The number of ketones is 1. The molecule has 0 aliphatic carbocycles. The zero-order valence-electron chi connectivity index (χ0n) is 17.1. The molecule has 0 radical (unpaired) electrons. The number of nitrogens with zero attached hydrogens (tertiary/aromatic N) is 3. The second-order valence-electron chi connectivity index (χ2n) is 7.51. The standard InChI is InChI=1S/C22H22BrN3O5/c1-24(2)11-4-12-25-19(15-5-3-6-17(13-15)26(30)31)18(21(28)22(25)29)20(27)14-7-9-16(23)10-8-14/h3,5-10,13,19,27H,4,11-12H2,1-2H3/b20-18+/t19-/m0/s1. The minimum absolute atomic E-state index is 0.0716. The Morgan fingerprint density at radius 3 is 2.48 bits per heavy atom. The van der Waals surface area contributed by atoms with Gasteiger partial charge in [0.25, 0.3) is 17.4 Å². The minimum Gasteiger partial charge on any atom is -0.507 e. The van der Waals surface area contributed by atoms with Crippen LogP contribution >= 0.6 is 15.9 Å². The van der Waals surface area contributed by atoms with Crippen LogP contribution in [-0.2, 0) is 9.59 Å². The Hall–Kier alpha value is -3.04. The van der Waals surface area contributed by atoms with Gasteiger partial charge in [0.15, 0.2) is 0 Å². The summed E-state index contributed by atoms with van der Waals surface area (Å²) >= 11 is 3.32. The molecule has 162 valence electrons. The highest BCUT2D eigenvalue weighted by molar-refractivity contribution is 9.10. The summed E-state index contributed by atoms with van der Waals surface area (Å²) in [6.07, 6.45) is 0.601. The van der Waals surface area contributed by atoms with E-state index in [-0.39, 0.29) is 23.6 Å². The third-order valence-corrected chi connectivity index (χ3v) is 5.59. The molecule has 1 N–H and O–H groups in total. The fourth-order valence-corrected chi connectivity index (χ4v) is 3.85. The average Bonchev–Trinajstić information content (AvgIpc) is 2.98. The van der Waals surface area contributed by atoms with Crippen LogP contribution in [0, 0.1) is 10.1 Å². The van der Waals surface area contributed by atoms with E-state index >= 15 is 0 Å². The van der Waals surface area contributed by atoms with Gasteiger partial charge in [0.05, 0.1) is 16.5 Å². The lowest BCUT2D eigenvalue weighted by molar-refractivity contribution is -0.384. The van der Waals surface area contributed by atoms with Crippen molar-refractivity contribution in [2.24, 2.45) is 0 Å². The van der Waals surface area contributed by atoms with Crippen LogP contribution in [0.2, 0.25) is 0 Å². The molecule has 31 heavy (non-hydrogen) atoms. The predicted molar refractivity (Wildman–Crippen MR) is 119 cm³/mol. The summed E-state index contributed by atoms with van der Waals surface area (Å²) in [6.45, 7) is 0.963. The minimum atomic E-state index is -0.911. The first-order valence-corrected chi connectivity index (χ1v) is 10.4. The SMILES string of the molecule is CN(C)CCCN1C(=O)C(=O)/C(=C(/O)c2ccc(Br)cc2)[C@@H]1c1cccc([N+](=O)[O-])c1. The fourth-order valence-electron chi connectivity index (χ4n) is 3.59. The molecule has 0 saturated carbocycles. The molecule has 1 atom stereocenters. The number of nitro groups is 1. The predicted octanol–water partition coefficient (Wildman–Crippen LogP) is 3.73. The molecule has 1 fully saturated rings. The Bertz CT molecular complexity index is 1050. The van der Waals surface area contributed by atoms with Crippen LogP contribution in [0.5, 0.6) is 0 Å². The number of aliphatic hydroxyl groups is 1. The van der Waals surface area contributed by atoms with Crippen LogP contribution in [0.3, 0.4) is 0 Å². The summed E-state index contributed by atoms with van der Waals surface area (Å²) in [4.78, 5) is 39.9. The van der Waals surface area contributed by atoms with Gasteiger partial charge in [0.1, 0.15) is 5.76 Å². The Morgan fingerprint density at radius 2 is 1.87 bits per heavy atom. The third kappa shape index (κ3) is 4.83. The molecule has 0 aromatic heterocycles. The quantitative estimate of drug-likeness (QED) is 0.210. The Labute approximate surface area is 188 Å². The second kappa shape index (κ2) is 9.40. The summed E-state index contributed by atoms with van der Waals surface area (Å²) in [5.41, 5.74) is 0.555. The summed E-state index contributed by atoms with van der Waals surface area (Å²) in [5, 5.41) is 22.2. The maximum atomic E-state index is 12.9. The topological polar surface area (TPSA) is 104 Å². The van der Waals surface area contributed by atoms with E-state index in [0.29, 0.717) is 24.1 Å². The maximum Gasteiger partial charge on any atom is 0.295 e. The second-order valence-corrected chi connectivity index (χ2v) is 8.42. The lowest BCUT2D eigenvalue weighted by Crippen LogP contribution is -2.32. The fraction of sp³-hybridized carbons (Fsp3) is 0.273. The van der Waals surface area contributed by atoms with Crippen LogP contribution in [0.15, 0.2) is 58.6 Å². The van der Waals surface area contributed by atoms with Gasteiger partial charge in [-0.15, -0.1) is 0 Å². The zero-order chi connectivity index (χ0) is 22.7. The molecule has 8 nitrogen and oxygen atoms in total. The lowest BCUT2D eigenvalue weighted by atomic mass is 9.95. The van der Waals surface area contributed by atoms with Gasteiger partial charge in [-0.25, -0.2) is 0 Å². The number of amides is 1. The number of Topliss-reactive ketones (excluding diaryl/α,β-unsaturated/α-hetero) is 1. The number of carbonyl (C=O) groups excluding carboxylic acids is 2. The van der Waals surface area contributed by atoms with Crippen molar-refractivity contribution in [3.63, 3.8) is 0 Å². The van der Waals surface area contributed by atoms with E-state index in [0.717, 1.165) is 4.47 Å². The van der Waals surface area contributed by atoms with Gasteiger partial charge in [-0.2, -0.15) is 0 Å². The van der Waals surface area contributed by atoms with E-state index in [1.807, 2.05) is 19.0 Å². The average molecular weight is 488 g/mol. The molecule has 3 rings (SSSR count). The number of nitro benzene ring substituents is 1.